The van der Waals surface area contributed by atoms with E-state index in [2.05, 4.69) is 20.1 Å². The predicted molar refractivity (Wildman–Crippen MR) is 94.5 cm³/mol. The first-order valence-electron chi connectivity index (χ1n) is 7.99. The number of hydrogen-bond acceptors (Lipinski definition) is 7. The van der Waals surface area contributed by atoms with Gasteiger partial charge in [-0.2, -0.15) is 5.10 Å². The SMILES string of the molecule is Cn1c([N+](=O)[O-])cnc1-c1nn(C)c2ncn(Cc3ccncc3)c(=N)c12. The highest BCUT2D eigenvalue weighted by molar-refractivity contribution is 5.88. The summed E-state index contributed by atoms with van der Waals surface area (Å²) in [6.45, 7) is 0.444. The summed E-state index contributed by atoms with van der Waals surface area (Å²) in [7, 11) is 3.26. The average molecular weight is 365 g/mol. The van der Waals surface area contributed by atoms with E-state index in [1.165, 1.54) is 10.8 Å². The largest absolute Gasteiger partial charge is 0.358 e. The normalized spacial score (nSPS) is 11.2. The molecule has 27 heavy (non-hydrogen) atoms. The Balaban J connectivity index is 1.91. The van der Waals surface area contributed by atoms with E-state index in [1.807, 2.05) is 12.1 Å². The van der Waals surface area contributed by atoms with Gasteiger partial charge in [-0.25, -0.2) is 19.2 Å². The van der Waals surface area contributed by atoms with Crippen molar-refractivity contribution in [2.75, 3.05) is 0 Å². The van der Waals surface area contributed by atoms with E-state index in [-0.39, 0.29) is 11.3 Å². The maximum atomic E-state index is 11.1. The number of nitro groups is 1. The maximum Gasteiger partial charge on any atom is 0.342 e. The topological polar surface area (TPSA) is 133 Å². The summed E-state index contributed by atoms with van der Waals surface area (Å²) >= 11 is 0. The number of rotatable bonds is 4. The van der Waals surface area contributed by atoms with Crippen LogP contribution in [0.15, 0.2) is 37.1 Å². The van der Waals surface area contributed by atoms with Crippen LogP contribution in [0.25, 0.3) is 22.6 Å². The van der Waals surface area contributed by atoms with Crippen molar-refractivity contribution >= 4 is 16.9 Å². The molecule has 0 aliphatic rings. The summed E-state index contributed by atoms with van der Waals surface area (Å²) in [5.41, 5.74) is 2.06. The molecule has 0 unspecified atom stereocenters. The molecule has 0 saturated heterocycles. The molecule has 0 spiro atoms. The van der Waals surface area contributed by atoms with Crippen molar-refractivity contribution in [3.05, 3.63) is 58.2 Å². The summed E-state index contributed by atoms with van der Waals surface area (Å²) < 4.78 is 4.57. The lowest BCUT2D eigenvalue weighted by Gasteiger charge is -2.07. The van der Waals surface area contributed by atoms with Crippen molar-refractivity contribution in [2.45, 2.75) is 6.54 Å². The molecule has 0 radical (unpaired) electrons. The lowest BCUT2D eigenvalue weighted by molar-refractivity contribution is -0.391. The van der Waals surface area contributed by atoms with Crippen LogP contribution in [0, 0.1) is 15.5 Å². The molecule has 4 aromatic heterocycles. The van der Waals surface area contributed by atoms with Crippen molar-refractivity contribution in [1.82, 2.24) is 33.9 Å². The molecule has 1 N–H and O–H groups in total. The number of hydrogen-bond donors (Lipinski definition) is 1. The van der Waals surface area contributed by atoms with Gasteiger partial charge in [-0.3, -0.25) is 10.4 Å². The van der Waals surface area contributed by atoms with Gasteiger partial charge in [0.25, 0.3) is 0 Å². The van der Waals surface area contributed by atoms with Gasteiger partial charge in [-0.1, -0.05) is 0 Å². The molecule has 0 saturated carbocycles. The highest BCUT2D eigenvalue weighted by atomic mass is 16.6. The minimum Gasteiger partial charge on any atom is -0.358 e. The van der Waals surface area contributed by atoms with E-state index in [0.717, 1.165) is 5.56 Å². The first-order valence-corrected chi connectivity index (χ1v) is 7.99. The molecule has 4 heterocycles. The minimum atomic E-state index is -0.509. The second-order valence-corrected chi connectivity index (χ2v) is 6.00. The number of aryl methyl sites for hydroxylation is 1. The van der Waals surface area contributed by atoms with Gasteiger partial charge in [0.1, 0.15) is 11.7 Å². The lowest BCUT2D eigenvalue weighted by atomic mass is 10.2. The zero-order valence-electron chi connectivity index (χ0n) is 14.6. The summed E-state index contributed by atoms with van der Waals surface area (Å²) in [5.74, 6) is 0.160. The average Bonchev–Trinajstić information content (AvgIpc) is 3.19. The summed E-state index contributed by atoms with van der Waals surface area (Å²) in [6, 6.07) is 3.73. The van der Waals surface area contributed by atoms with Crippen LogP contribution in [0.5, 0.6) is 0 Å². The molecule has 11 nitrogen and oxygen atoms in total. The van der Waals surface area contributed by atoms with Gasteiger partial charge in [0.15, 0.2) is 11.3 Å². The van der Waals surface area contributed by atoms with Crippen molar-refractivity contribution in [1.29, 1.82) is 5.41 Å². The van der Waals surface area contributed by atoms with E-state index in [9.17, 15) is 10.1 Å². The Morgan fingerprint density at radius 1 is 1.22 bits per heavy atom. The Labute approximate surface area is 152 Å². The zero-order chi connectivity index (χ0) is 19.1. The summed E-state index contributed by atoms with van der Waals surface area (Å²) in [6.07, 6.45) is 6.14. The fourth-order valence-electron chi connectivity index (χ4n) is 2.96. The fourth-order valence-corrected chi connectivity index (χ4v) is 2.96. The molecule has 0 atom stereocenters. The number of imidazole rings is 1. The lowest BCUT2D eigenvalue weighted by Crippen LogP contribution is -2.21. The van der Waals surface area contributed by atoms with Crippen LogP contribution in [0.2, 0.25) is 0 Å². The number of pyridine rings is 1. The highest BCUT2D eigenvalue weighted by Crippen LogP contribution is 2.25. The summed E-state index contributed by atoms with van der Waals surface area (Å²) in [4.78, 5) is 23.2. The van der Waals surface area contributed by atoms with Gasteiger partial charge in [-0.15, -0.1) is 0 Å². The fraction of sp³-hybridized carbons (Fsp3) is 0.188. The molecule has 0 fully saturated rings. The Hall–Kier alpha value is -3.89. The molecule has 0 aromatic carbocycles. The van der Waals surface area contributed by atoms with Crippen molar-refractivity contribution in [3.8, 4) is 11.5 Å². The molecule has 0 bridgehead atoms. The van der Waals surface area contributed by atoms with E-state index in [1.54, 1.807) is 42.1 Å². The second-order valence-electron chi connectivity index (χ2n) is 6.00. The highest BCUT2D eigenvalue weighted by Gasteiger charge is 2.24. The maximum absolute atomic E-state index is 11.1. The van der Waals surface area contributed by atoms with E-state index in [0.29, 0.717) is 29.1 Å². The van der Waals surface area contributed by atoms with Crippen LogP contribution in [-0.4, -0.2) is 38.8 Å². The first kappa shape index (κ1) is 16.6. The van der Waals surface area contributed by atoms with Crippen molar-refractivity contribution in [3.63, 3.8) is 0 Å². The smallest absolute Gasteiger partial charge is 0.342 e. The molecule has 4 rings (SSSR count). The third-order valence-corrected chi connectivity index (χ3v) is 4.33. The molecule has 11 heteroatoms. The molecular weight excluding hydrogens is 350 g/mol. The minimum absolute atomic E-state index is 0.149. The van der Waals surface area contributed by atoms with Gasteiger partial charge in [0.2, 0.25) is 5.82 Å². The Kier molecular flexibility index (Phi) is 3.76. The van der Waals surface area contributed by atoms with E-state index >= 15 is 0 Å². The van der Waals surface area contributed by atoms with Crippen LogP contribution in [-0.2, 0) is 20.6 Å². The van der Waals surface area contributed by atoms with Crippen molar-refractivity contribution < 1.29 is 4.92 Å². The second kappa shape index (κ2) is 6.12. The zero-order valence-corrected chi connectivity index (χ0v) is 14.6. The van der Waals surface area contributed by atoms with E-state index in [4.69, 9.17) is 5.41 Å². The Bertz CT molecular complexity index is 1220. The van der Waals surface area contributed by atoms with Gasteiger partial charge in [0.05, 0.1) is 25.3 Å². The van der Waals surface area contributed by atoms with Crippen LogP contribution < -0.4 is 5.49 Å². The molecule has 0 aliphatic carbocycles. The van der Waals surface area contributed by atoms with Crippen LogP contribution in [0.3, 0.4) is 0 Å². The quantitative estimate of drug-likeness (QED) is 0.424. The first-order chi connectivity index (χ1) is 13.0. The van der Waals surface area contributed by atoms with Gasteiger partial charge < -0.3 is 14.7 Å². The van der Waals surface area contributed by atoms with Crippen LogP contribution >= 0.6 is 0 Å². The number of aromatic nitrogens is 7. The van der Waals surface area contributed by atoms with Crippen molar-refractivity contribution in [2.24, 2.45) is 14.1 Å². The summed E-state index contributed by atoms with van der Waals surface area (Å²) in [5, 5.41) is 24.6. The third-order valence-electron chi connectivity index (χ3n) is 4.33. The van der Waals surface area contributed by atoms with Crippen LogP contribution in [0.1, 0.15) is 5.56 Å². The third kappa shape index (κ3) is 2.65. The molecule has 0 amide bonds. The molecule has 136 valence electrons. The van der Waals surface area contributed by atoms with Crippen LogP contribution in [0.4, 0.5) is 5.82 Å². The molecule has 4 aromatic rings. The monoisotopic (exact) mass is 365 g/mol. The Morgan fingerprint density at radius 3 is 2.63 bits per heavy atom. The standard InChI is InChI=1S/C16H15N9O2/c1-22-11(25(26)27)7-19-16(22)13-12-14(17)24(8-10-3-5-18-6-4-10)9-20-15(12)23(2)21-13/h3-7,9,17H,8H2,1-2H3. The van der Waals surface area contributed by atoms with E-state index < -0.39 is 4.92 Å². The van der Waals surface area contributed by atoms with Gasteiger partial charge in [-0.05, 0) is 22.6 Å². The number of nitrogens with one attached hydrogen (secondary N) is 1. The number of fused-ring (bicyclic) bond motifs is 1. The van der Waals surface area contributed by atoms with Gasteiger partial charge in [0, 0.05) is 19.4 Å². The van der Waals surface area contributed by atoms with Gasteiger partial charge >= 0.3 is 5.82 Å². The molecular formula is C16H15N9O2. The molecule has 0 aliphatic heterocycles. The Morgan fingerprint density at radius 2 is 1.96 bits per heavy atom. The predicted octanol–water partition coefficient (Wildman–Crippen LogP) is 1.00. The number of nitrogens with zero attached hydrogens (tertiary/aromatic N) is 8.